The van der Waals surface area contributed by atoms with E-state index in [1.54, 1.807) is 0 Å². The zero-order valence-electron chi connectivity index (χ0n) is 15.3. The van der Waals surface area contributed by atoms with Crippen LogP contribution in [0, 0.1) is 6.92 Å². The molecule has 158 valence electrons. The number of aliphatic hydroxyl groups is 1. The Labute approximate surface area is 164 Å². The molecule has 13 heteroatoms. The molecule has 0 aliphatic carbocycles. The monoisotopic (exact) mass is 433 g/mol. The zero-order chi connectivity index (χ0) is 21.6. The van der Waals surface area contributed by atoms with Crippen molar-refractivity contribution in [3.8, 4) is 17.0 Å². The van der Waals surface area contributed by atoms with Crippen molar-refractivity contribution < 1.29 is 31.8 Å². The number of halogens is 3. The Bertz CT molecular complexity index is 1030. The van der Waals surface area contributed by atoms with Crippen LogP contribution in [0.25, 0.3) is 11.3 Å². The summed E-state index contributed by atoms with van der Waals surface area (Å²) in [5.41, 5.74) is -0.607. The summed E-state index contributed by atoms with van der Waals surface area (Å²) >= 11 is 0. The smallest absolute Gasteiger partial charge is 0.416 e. The zero-order valence-corrected chi connectivity index (χ0v) is 16.2. The lowest BCUT2D eigenvalue weighted by Crippen LogP contribution is -2.33. The van der Waals surface area contributed by atoms with Crippen molar-refractivity contribution in [2.45, 2.75) is 25.2 Å². The molecule has 1 aromatic carbocycles. The number of aromatic nitrogens is 3. The van der Waals surface area contributed by atoms with E-state index in [9.17, 15) is 31.8 Å². The van der Waals surface area contributed by atoms with Crippen molar-refractivity contribution in [3.63, 3.8) is 0 Å². The SMILES string of the molecule is Cc1nc(N[C@@H]2CN(S(C)(=O)=O)C[C@H]2O)nnc1-c1ccc(C(F)(F)F)cc1O. The number of sulfonamides is 1. The lowest BCUT2D eigenvalue weighted by atomic mass is 10.1. The third kappa shape index (κ3) is 4.57. The Morgan fingerprint density at radius 3 is 2.45 bits per heavy atom. The minimum absolute atomic E-state index is 0.0112. The molecule has 2 atom stereocenters. The maximum atomic E-state index is 12.7. The van der Waals surface area contributed by atoms with Gasteiger partial charge in [0.15, 0.2) is 0 Å². The lowest BCUT2D eigenvalue weighted by molar-refractivity contribution is -0.137. The fourth-order valence-electron chi connectivity index (χ4n) is 2.95. The van der Waals surface area contributed by atoms with Gasteiger partial charge in [0.05, 0.1) is 29.7 Å². The summed E-state index contributed by atoms with van der Waals surface area (Å²) in [4.78, 5) is 4.15. The molecule has 0 unspecified atom stereocenters. The number of nitrogens with zero attached hydrogens (tertiary/aromatic N) is 4. The largest absolute Gasteiger partial charge is 0.507 e. The van der Waals surface area contributed by atoms with Gasteiger partial charge in [-0.15, -0.1) is 10.2 Å². The number of phenolic OH excluding ortho intramolecular Hbond substituents is 1. The van der Waals surface area contributed by atoms with Gasteiger partial charge in [-0.25, -0.2) is 13.4 Å². The van der Waals surface area contributed by atoms with E-state index in [0.29, 0.717) is 6.07 Å². The predicted molar refractivity (Wildman–Crippen MR) is 96.5 cm³/mol. The first kappa shape index (κ1) is 21.2. The van der Waals surface area contributed by atoms with Gasteiger partial charge in [0.25, 0.3) is 0 Å². The second-order valence-corrected chi connectivity index (χ2v) is 8.68. The number of β-amino-alcohol motifs (C(OH)–C–C–N with tert-alkyl or cyclic N) is 1. The topological polar surface area (TPSA) is 129 Å². The molecule has 3 rings (SSSR count). The van der Waals surface area contributed by atoms with Crippen molar-refractivity contribution in [1.29, 1.82) is 0 Å². The predicted octanol–water partition coefficient (Wildman–Crippen LogP) is 0.988. The summed E-state index contributed by atoms with van der Waals surface area (Å²) in [6.45, 7) is 1.48. The summed E-state index contributed by atoms with van der Waals surface area (Å²) in [5.74, 6) is -0.605. The molecule has 1 aliphatic heterocycles. The molecule has 0 saturated carbocycles. The van der Waals surface area contributed by atoms with E-state index in [-0.39, 0.29) is 36.0 Å². The Hall–Kier alpha value is -2.51. The van der Waals surface area contributed by atoms with E-state index in [1.165, 1.54) is 6.92 Å². The Balaban J connectivity index is 1.81. The average molecular weight is 433 g/mol. The van der Waals surface area contributed by atoms with Crippen LogP contribution in [0.5, 0.6) is 5.75 Å². The van der Waals surface area contributed by atoms with Crippen molar-refractivity contribution >= 4 is 16.0 Å². The Morgan fingerprint density at radius 2 is 1.93 bits per heavy atom. The quantitative estimate of drug-likeness (QED) is 0.651. The fraction of sp³-hybridized carbons (Fsp3) is 0.438. The van der Waals surface area contributed by atoms with E-state index in [4.69, 9.17) is 0 Å². The highest BCUT2D eigenvalue weighted by molar-refractivity contribution is 7.88. The summed E-state index contributed by atoms with van der Waals surface area (Å²) in [6, 6.07) is 1.83. The Kier molecular flexibility index (Phi) is 5.40. The molecule has 1 fully saturated rings. The fourth-order valence-corrected chi connectivity index (χ4v) is 3.81. The molecule has 1 saturated heterocycles. The number of aliphatic hydroxyl groups excluding tert-OH is 1. The van der Waals surface area contributed by atoms with Crippen LogP contribution in [-0.2, 0) is 16.2 Å². The van der Waals surface area contributed by atoms with Crippen LogP contribution in [0.1, 0.15) is 11.3 Å². The number of alkyl halides is 3. The highest BCUT2D eigenvalue weighted by Gasteiger charge is 2.36. The van der Waals surface area contributed by atoms with Crippen molar-refractivity contribution in [2.24, 2.45) is 0 Å². The van der Waals surface area contributed by atoms with Gasteiger partial charge in [-0.2, -0.15) is 17.5 Å². The van der Waals surface area contributed by atoms with Gasteiger partial charge in [-0.3, -0.25) is 0 Å². The number of aromatic hydroxyl groups is 1. The van der Waals surface area contributed by atoms with Crippen LogP contribution in [-0.4, -0.2) is 69.6 Å². The maximum absolute atomic E-state index is 12.7. The molecule has 2 aromatic rings. The first-order chi connectivity index (χ1) is 13.4. The van der Waals surface area contributed by atoms with Gasteiger partial charge in [0, 0.05) is 18.7 Å². The molecule has 0 bridgehead atoms. The number of hydrogen-bond acceptors (Lipinski definition) is 8. The van der Waals surface area contributed by atoms with Crippen LogP contribution < -0.4 is 5.32 Å². The minimum atomic E-state index is -4.59. The van der Waals surface area contributed by atoms with Crippen LogP contribution in [0.15, 0.2) is 18.2 Å². The number of rotatable bonds is 4. The normalized spacial score (nSPS) is 20.8. The van der Waals surface area contributed by atoms with Crippen LogP contribution in [0.4, 0.5) is 19.1 Å². The van der Waals surface area contributed by atoms with Gasteiger partial charge < -0.3 is 15.5 Å². The third-order valence-corrected chi connectivity index (χ3v) is 5.72. The van der Waals surface area contributed by atoms with E-state index < -0.39 is 39.7 Å². The molecule has 29 heavy (non-hydrogen) atoms. The number of hydrogen-bond donors (Lipinski definition) is 3. The molecular formula is C16H18F3N5O4S. The first-order valence-electron chi connectivity index (χ1n) is 8.38. The molecule has 0 spiro atoms. The first-order valence-corrected chi connectivity index (χ1v) is 10.2. The number of phenols is 1. The number of anilines is 1. The standard InChI is InChI=1S/C16H18F3N5O4S/c1-8-14(10-4-3-9(5-12(10)25)16(17,18)19)22-23-15(20-8)21-11-6-24(7-13(11)26)29(2,27)28/h3-5,11,13,25-26H,6-7H2,1-2H3,(H,20,21,23)/t11-,13-/m1/s1. The number of benzene rings is 1. The molecule has 1 aliphatic rings. The molecule has 9 nitrogen and oxygen atoms in total. The van der Waals surface area contributed by atoms with E-state index in [1.807, 2.05) is 0 Å². The van der Waals surface area contributed by atoms with Gasteiger partial charge in [-0.05, 0) is 25.1 Å². The average Bonchev–Trinajstić information content (AvgIpc) is 2.96. The van der Waals surface area contributed by atoms with Gasteiger partial charge in [0.1, 0.15) is 11.4 Å². The van der Waals surface area contributed by atoms with Crippen LogP contribution in [0.3, 0.4) is 0 Å². The summed E-state index contributed by atoms with van der Waals surface area (Å²) in [7, 11) is -3.46. The molecule has 0 radical (unpaired) electrons. The highest BCUT2D eigenvalue weighted by Crippen LogP contribution is 2.36. The molecule has 0 amide bonds. The van der Waals surface area contributed by atoms with Crippen molar-refractivity contribution in [3.05, 3.63) is 29.5 Å². The van der Waals surface area contributed by atoms with Crippen molar-refractivity contribution in [1.82, 2.24) is 19.5 Å². The van der Waals surface area contributed by atoms with E-state index in [2.05, 4.69) is 20.5 Å². The Morgan fingerprint density at radius 1 is 1.24 bits per heavy atom. The van der Waals surface area contributed by atoms with Crippen LogP contribution >= 0.6 is 0 Å². The molecule has 1 aromatic heterocycles. The third-order valence-electron chi connectivity index (χ3n) is 4.48. The van der Waals surface area contributed by atoms with Crippen LogP contribution in [0.2, 0.25) is 0 Å². The maximum Gasteiger partial charge on any atom is 0.416 e. The van der Waals surface area contributed by atoms with E-state index in [0.717, 1.165) is 22.7 Å². The van der Waals surface area contributed by atoms with Crippen molar-refractivity contribution in [2.75, 3.05) is 24.7 Å². The molecule has 3 N–H and O–H groups in total. The highest BCUT2D eigenvalue weighted by atomic mass is 32.2. The second kappa shape index (κ2) is 7.39. The van der Waals surface area contributed by atoms with Gasteiger partial charge in [-0.1, -0.05) is 0 Å². The minimum Gasteiger partial charge on any atom is -0.507 e. The van der Waals surface area contributed by atoms with Gasteiger partial charge in [0.2, 0.25) is 16.0 Å². The summed E-state index contributed by atoms with van der Waals surface area (Å²) in [5, 5.41) is 30.5. The second-order valence-electron chi connectivity index (χ2n) is 6.70. The summed E-state index contributed by atoms with van der Waals surface area (Å²) in [6.07, 6.45) is -4.53. The van der Waals surface area contributed by atoms with Gasteiger partial charge >= 0.3 is 6.18 Å². The lowest BCUT2D eigenvalue weighted by Gasteiger charge is -2.16. The number of aryl methyl sites for hydroxylation is 1. The summed E-state index contributed by atoms with van der Waals surface area (Å²) < 4.78 is 62.5. The number of nitrogens with one attached hydrogen (secondary N) is 1. The molecular weight excluding hydrogens is 415 g/mol. The van der Waals surface area contributed by atoms with E-state index >= 15 is 0 Å². The molecule has 2 heterocycles.